The Morgan fingerprint density at radius 2 is 1.67 bits per heavy atom. The fourth-order valence-electron chi connectivity index (χ4n) is 2.01. The molecule has 2 aromatic carbocycles. The Labute approximate surface area is 108 Å². The van der Waals surface area contributed by atoms with E-state index in [1.165, 1.54) is 5.56 Å². The van der Waals surface area contributed by atoms with E-state index in [2.05, 4.69) is 36.5 Å². The predicted molar refractivity (Wildman–Crippen MR) is 74.7 cm³/mol. The summed E-state index contributed by atoms with van der Waals surface area (Å²) in [5, 5.41) is 13.1. The fourth-order valence-corrected chi connectivity index (χ4v) is 2.01. The number of phenolic OH excluding ortho intramolecular Hbond substituents is 1. The quantitative estimate of drug-likeness (QED) is 0.842. The third kappa shape index (κ3) is 3.34. The van der Waals surface area contributed by atoms with Crippen molar-refractivity contribution in [3.63, 3.8) is 0 Å². The Bertz CT molecular complexity index is 481. The summed E-state index contributed by atoms with van der Waals surface area (Å²) in [7, 11) is 0. The van der Waals surface area contributed by atoms with E-state index in [-0.39, 0.29) is 0 Å². The minimum absolute atomic E-state index is 0.331. The van der Waals surface area contributed by atoms with E-state index in [4.69, 9.17) is 0 Å². The monoisotopic (exact) mass is 241 g/mol. The summed E-state index contributed by atoms with van der Waals surface area (Å²) in [6, 6.07) is 18.2. The van der Waals surface area contributed by atoms with Gasteiger partial charge in [-0.2, -0.15) is 0 Å². The van der Waals surface area contributed by atoms with Crippen molar-refractivity contribution < 1.29 is 5.11 Å². The molecule has 0 saturated carbocycles. The van der Waals surface area contributed by atoms with Gasteiger partial charge in [-0.1, -0.05) is 48.5 Å². The van der Waals surface area contributed by atoms with Crippen molar-refractivity contribution in [3.8, 4) is 5.75 Å². The number of nitrogens with one attached hydrogen (secondary N) is 1. The molecule has 94 valence electrons. The maximum absolute atomic E-state index is 9.67. The SMILES string of the molecule is CC(NCCc1ccccc1O)c1ccccc1. The van der Waals surface area contributed by atoms with Crippen LogP contribution < -0.4 is 5.32 Å². The van der Waals surface area contributed by atoms with Crippen LogP contribution in [0, 0.1) is 0 Å². The Kier molecular flexibility index (Phi) is 4.37. The van der Waals surface area contributed by atoms with Crippen LogP contribution >= 0.6 is 0 Å². The summed E-state index contributed by atoms with van der Waals surface area (Å²) in [5.41, 5.74) is 2.28. The van der Waals surface area contributed by atoms with E-state index < -0.39 is 0 Å². The van der Waals surface area contributed by atoms with Gasteiger partial charge in [0.1, 0.15) is 5.75 Å². The van der Waals surface area contributed by atoms with Crippen LogP contribution in [0.1, 0.15) is 24.1 Å². The largest absolute Gasteiger partial charge is 0.508 e. The highest BCUT2D eigenvalue weighted by Gasteiger charge is 2.04. The maximum Gasteiger partial charge on any atom is 0.118 e. The number of para-hydroxylation sites is 1. The number of aromatic hydroxyl groups is 1. The van der Waals surface area contributed by atoms with Gasteiger partial charge >= 0.3 is 0 Å². The van der Waals surface area contributed by atoms with Crippen molar-refractivity contribution in [2.45, 2.75) is 19.4 Å². The van der Waals surface area contributed by atoms with Gasteiger partial charge in [0.2, 0.25) is 0 Å². The first-order valence-electron chi connectivity index (χ1n) is 6.32. The molecule has 0 heterocycles. The molecule has 2 aromatic rings. The summed E-state index contributed by atoms with van der Waals surface area (Å²) in [6.45, 7) is 3.01. The van der Waals surface area contributed by atoms with E-state index in [1.54, 1.807) is 6.07 Å². The lowest BCUT2D eigenvalue weighted by Crippen LogP contribution is -2.21. The van der Waals surface area contributed by atoms with Crippen LogP contribution in [0.25, 0.3) is 0 Å². The van der Waals surface area contributed by atoms with Gasteiger partial charge in [-0.05, 0) is 37.1 Å². The highest BCUT2D eigenvalue weighted by atomic mass is 16.3. The molecule has 0 saturated heterocycles. The van der Waals surface area contributed by atoms with E-state index in [0.717, 1.165) is 18.5 Å². The van der Waals surface area contributed by atoms with Crippen molar-refractivity contribution in [2.24, 2.45) is 0 Å². The van der Waals surface area contributed by atoms with E-state index in [0.29, 0.717) is 11.8 Å². The minimum Gasteiger partial charge on any atom is -0.508 e. The third-order valence-corrected chi connectivity index (χ3v) is 3.14. The topological polar surface area (TPSA) is 32.3 Å². The summed E-state index contributed by atoms with van der Waals surface area (Å²) in [5.74, 6) is 0.381. The third-order valence-electron chi connectivity index (χ3n) is 3.14. The molecule has 0 aliphatic rings. The van der Waals surface area contributed by atoms with E-state index in [1.807, 2.05) is 24.3 Å². The van der Waals surface area contributed by atoms with E-state index >= 15 is 0 Å². The van der Waals surface area contributed by atoms with Gasteiger partial charge in [0.15, 0.2) is 0 Å². The van der Waals surface area contributed by atoms with Crippen LogP contribution in [0.15, 0.2) is 54.6 Å². The Morgan fingerprint density at radius 3 is 2.39 bits per heavy atom. The maximum atomic E-state index is 9.67. The molecule has 0 bridgehead atoms. The number of hydrogen-bond donors (Lipinski definition) is 2. The van der Waals surface area contributed by atoms with Crippen LogP contribution in [-0.2, 0) is 6.42 Å². The average molecular weight is 241 g/mol. The molecule has 2 N–H and O–H groups in total. The van der Waals surface area contributed by atoms with Crippen LogP contribution in [-0.4, -0.2) is 11.7 Å². The van der Waals surface area contributed by atoms with Gasteiger partial charge in [-0.25, -0.2) is 0 Å². The van der Waals surface area contributed by atoms with Gasteiger partial charge in [-0.3, -0.25) is 0 Å². The second-order valence-corrected chi connectivity index (χ2v) is 4.47. The second kappa shape index (κ2) is 6.22. The molecular weight excluding hydrogens is 222 g/mol. The minimum atomic E-state index is 0.331. The van der Waals surface area contributed by atoms with Crippen LogP contribution in [0.3, 0.4) is 0 Å². The van der Waals surface area contributed by atoms with Gasteiger partial charge < -0.3 is 10.4 Å². The predicted octanol–water partition coefficient (Wildman–Crippen LogP) is 3.29. The normalized spacial score (nSPS) is 12.3. The first kappa shape index (κ1) is 12.7. The standard InChI is InChI=1S/C16H19NO/c1-13(14-7-3-2-4-8-14)17-12-11-15-9-5-6-10-16(15)18/h2-10,13,17-18H,11-12H2,1H3. The average Bonchev–Trinajstić information content (AvgIpc) is 2.42. The molecule has 0 amide bonds. The number of hydrogen-bond acceptors (Lipinski definition) is 2. The van der Waals surface area contributed by atoms with Crippen molar-refractivity contribution in [1.82, 2.24) is 5.32 Å². The summed E-state index contributed by atoms with van der Waals surface area (Å²) in [4.78, 5) is 0. The highest BCUT2D eigenvalue weighted by Crippen LogP contribution is 2.16. The zero-order valence-corrected chi connectivity index (χ0v) is 10.6. The van der Waals surface area contributed by atoms with Crippen LogP contribution in [0.4, 0.5) is 0 Å². The Balaban J connectivity index is 1.84. The van der Waals surface area contributed by atoms with E-state index in [9.17, 15) is 5.11 Å². The summed E-state index contributed by atoms with van der Waals surface area (Å²) < 4.78 is 0. The molecular formula is C16H19NO. The number of phenols is 1. The second-order valence-electron chi connectivity index (χ2n) is 4.47. The Morgan fingerprint density at radius 1 is 1.00 bits per heavy atom. The molecule has 0 fully saturated rings. The fraction of sp³-hybridized carbons (Fsp3) is 0.250. The highest BCUT2D eigenvalue weighted by molar-refractivity contribution is 5.31. The first-order chi connectivity index (χ1) is 8.77. The molecule has 0 spiro atoms. The molecule has 0 aliphatic carbocycles. The number of rotatable bonds is 5. The lowest BCUT2D eigenvalue weighted by atomic mass is 10.1. The summed E-state index contributed by atoms with van der Waals surface area (Å²) >= 11 is 0. The molecule has 0 aromatic heterocycles. The van der Waals surface area contributed by atoms with Gasteiger partial charge in [-0.15, -0.1) is 0 Å². The molecule has 0 radical (unpaired) electrons. The Hall–Kier alpha value is -1.80. The summed E-state index contributed by atoms with van der Waals surface area (Å²) in [6.07, 6.45) is 0.837. The molecule has 18 heavy (non-hydrogen) atoms. The van der Waals surface area contributed by atoms with Gasteiger partial charge in [0, 0.05) is 6.04 Å². The lowest BCUT2D eigenvalue weighted by molar-refractivity contribution is 0.465. The van der Waals surface area contributed by atoms with Crippen molar-refractivity contribution >= 4 is 0 Å². The zero-order chi connectivity index (χ0) is 12.8. The molecule has 2 rings (SSSR count). The smallest absolute Gasteiger partial charge is 0.118 e. The molecule has 2 nitrogen and oxygen atoms in total. The van der Waals surface area contributed by atoms with Crippen molar-refractivity contribution in [1.29, 1.82) is 0 Å². The molecule has 2 heteroatoms. The van der Waals surface area contributed by atoms with Crippen molar-refractivity contribution in [2.75, 3.05) is 6.54 Å². The molecule has 1 atom stereocenters. The molecule has 0 aliphatic heterocycles. The van der Waals surface area contributed by atoms with Crippen LogP contribution in [0.2, 0.25) is 0 Å². The lowest BCUT2D eigenvalue weighted by Gasteiger charge is -2.14. The first-order valence-corrected chi connectivity index (χ1v) is 6.32. The zero-order valence-electron chi connectivity index (χ0n) is 10.6. The van der Waals surface area contributed by atoms with Gasteiger partial charge in [0.25, 0.3) is 0 Å². The van der Waals surface area contributed by atoms with Gasteiger partial charge in [0.05, 0.1) is 0 Å². The number of benzene rings is 2. The van der Waals surface area contributed by atoms with Crippen molar-refractivity contribution in [3.05, 3.63) is 65.7 Å². The van der Waals surface area contributed by atoms with Crippen LogP contribution in [0.5, 0.6) is 5.75 Å². The molecule has 1 unspecified atom stereocenters.